The standard InChI is InChI=1S/C6H8O2/c1-2-5(7-3-1)6-4-8-6/h1-2,5-6H,3-4H2/t5-,6?/m0/s1. The molecule has 0 radical (unpaired) electrons. The summed E-state index contributed by atoms with van der Waals surface area (Å²) in [6, 6.07) is 0. The largest absolute Gasteiger partial charge is 0.370 e. The Morgan fingerprint density at radius 1 is 1.38 bits per heavy atom. The number of hydrogen-bond acceptors (Lipinski definition) is 2. The van der Waals surface area contributed by atoms with Gasteiger partial charge in [-0.05, 0) is 0 Å². The molecule has 2 atom stereocenters. The molecule has 0 aromatic rings. The summed E-state index contributed by atoms with van der Waals surface area (Å²) in [5.74, 6) is 0. The highest BCUT2D eigenvalue weighted by atomic mass is 16.6. The Morgan fingerprint density at radius 3 is 2.75 bits per heavy atom. The van der Waals surface area contributed by atoms with Gasteiger partial charge in [0.2, 0.25) is 0 Å². The molecule has 2 heterocycles. The zero-order chi connectivity index (χ0) is 5.40. The maximum Gasteiger partial charge on any atom is 0.111 e. The fourth-order valence-corrected chi connectivity index (χ4v) is 0.888. The van der Waals surface area contributed by atoms with E-state index in [1.807, 2.05) is 6.08 Å². The normalized spacial score (nSPS) is 43.0. The van der Waals surface area contributed by atoms with Gasteiger partial charge in [0.15, 0.2) is 0 Å². The molecule has 1 saturated heterocycles. The Bertz CT molecular complexity index is 116. The van der Waals surface area contributed by atoms with Crippen LogP contribution in [0.25, 0.3) is 0 Å². The van der Waals surface area contributed by atoms with E-state index < -0.39 is 0 Å². The first kappa shape index (κ1) is 4.53. The van der Waals surface area contributed by atoms with Crippen LogP contribution in [0.4, 0.5) is 0 Å². The summed E-state index contributed by atoms with van der Waals surface area (Å²) in [6.07, 6.45) is 4.76. The van der Waals surface area contributed by atoms with Crippen molar-refractivity contribution in [3.05, 3.63) is 12.2 Å². The molecule has 1 fully saturated rings. The molecule has 0 aromatic carbocycles. The molecule has 2 nitrogen and oxygen atoms in total. The van der Waals surface area contributed by atoms with E-state index in [1.165, 1.54) is 0 Å². The lowest BCUT2D eigenvalue weighted by Crippen LogP contribution is -2.11. The van der Waals surface area contributed by atoms with Crippen LogP contribution in [-0.2, 0) is 9.47 Å². The van der Waals surface area contributed by atoms with Crippen LogP contribution in [0, 0.1) is 0 Å². The topological polar surface area (TPSA) is 21.8 Å². The van der Waals surface area contributed by atoms with E-state index in [0.717, 1.165) is 13.2 Å². The smallest absolute Gasteiger partial charge is 0.111 e. The van der Waals surface area contributed by atoms with Crippen LogP contribution in [-0.4, -0.2) is 25.4 Å². The van der Waals surface area contributed by atoms with Crippen molar-refractivity contribution in [2.45, 2.75) is 12.2 Å². The molecule has 0 N–H and O–H groups in total. The third kappa shape index (κ3) is 0.659. The van der Waals surface area contributed by atoms with Gasteiger partial charge in [-0.2, -0.15) is 0 Å². The van der Waals surface area contributed by atoms with Crippen molar-refractivity contribution >= 4 is 0 Å². The van der Waals surface area contributed by atoms with Crippen LogP contribution < -0.4 is 0 Å². The first-order valence-corrected chi connectivity index (χ1v) is 2.87. The summed E-state index contributed by atoms with van der Waals surface area (Å²) in [4.78, 5) is 0. The fraction of sp³-hybridized carbons (Fsp3) is 0.667. The fourth-order valence-electron chi connectivity index (χ4n) is 0.888. The van der Waals surface area contributed by atoms with Gasteiger partial charge in [-0.3, -0.25) is 0 Å². The highest BCUT2D eigenvalue weighted by molar-refractivity contribution is 5.02. The van der Waals surface area contributed by atoms with Gasteiger partial charge < -0.3 is 9.47 Å². The van der Waals surface area contributed by atoms with Gasteiger partial charge in [0, 0.05) is 0 Å². The van der Waals surface area contributed by atoms with Gasteiger partial charge in [-0.1, -0.05) is 12.2 Å². The van der Waals surface area contributed by atoms with E-state index in [9.17, 15) is 0 Å². The Labute approximate surface area is 48.1 Å². The summed E-state index contributed by atoms with van der Waals surface area (Å²) in [5.41, 5.74) is 0. The maximum absolute atomic E-state index is 5.24. The maximum atomic E-state index is 5.24. The zero-order valence-electron chi connectivity index (χ0n) is 4.54. The average molecular weight is 112 g/mol. The lowest BCUT2D eigenvalue weighted by molar-refractivity contribution is 0.103. The van der Waals surface area contributed by atoms with Crippen LogP contribution in [0.15, 0.2) is 12.2 Å². The van der Waals surface area contributed by atoms with Crippen molar-refractivity contribution in [2.75, 3.05) is 13.2 Å². The molecule has 2 heteroatoms. The zero-order valence-corrected chi connectivity index (χ0v) is 4.54. The van der Waals surface area contributed by atoms with Gasteiger partial charge in [-0.25, -0.2) is 0 Å². The molecule has 0 bridgehead atoms. The minimum absolute atomic E-state index is 0.273. The Kier molecular flexibility index (Phi) is 0.889. The van der Waals surface area contributed by atoms with Gasteiger partial charge >= 0.3 is 0 Å². The Morgan fingerprint density at radius 2 is 2.25 bits per heavy atom. The molecule has 0 amide bonds. The SMILES string of the molecule is C1=C[C@@H](C2CO2)OC1. The molecule has 0 saturated carbocycles. The van der Waals surface area contributed by atoms with Crippen molar-refractivity contribution in [1.29, 1.82) is 0 Å². The summed E-state index contributed by atoms with van der Waals surface area (Å²) >= 11 is 0. The van der Waals surface area contributed by atoms with E-state index in [1.54, 1.807) is 0 Å². The molecule has 44 valence electrons. The number of ether oxygens (including phenoxy) is 2. The predicted molar refractivity (Wildman–Crippen MR) is 28.6 cm³/mol. The van der Waals surface area contributed by atoms with E-state index in [4.69, 9.17) is 9.47 Å². The molecule has 0 spiro atoms. The van der Waals surface area contributed by atoms with E-state index in [2.05, 4.69) is 6.08 Å². The van der Waals surface area contributed by atoms with Crippen molar-refractivity contribution < 1.29 is 9.47 Å². The minimum atomic E-state index is 0.273. The van der Waals surface area contributed by atoms with Crippen molar-refractivity contribution in [1.82, 2.24) is 0 Å². The second kappa shape index (κ2) is 1.57. The molecule has 8 heavy (non-hydrogen) atoms. The predicted octanol–water partition coefficient (Wildman–Crippen LogP) is 0.340. The third-order valence-electron chi connectivity index (χ3n) is 1.44. The molecule has 0 aliphatic carbocycles. The lowest BCUT2D eigenvalue weighted by Gasteiger charge is -2.00. The van der Waals surface area contributed by atoms with Crippen LogP contribution in [0.3, 0.4) is 0 Å². The van der Waals surface area contributed by atoms with Crippen LogP contribution >= 0.6 is 0 Å². The molecule has 2 rings (SSSR count). The molecule has 1 unspecified atom stereocenters. The second-order valence-electron chi connectivity index (χ2n) is 2.10. The van der Waals surface area contributed by atoms with Crippen LogP contribution in [0.1, 0.15) is 0 Å². The highest BCUT2D eigenvalue weighted by Crippen LogP contribution is 2.20. The first-order chi connectivity index (χ1) is 3.97. The van der Waals surface area contributed by atoms with Gasteiger partial charge in [0.25, 0.3) is 0 Å². The highest BCUT2D eigenvalue weighted by Gasteiger charge is 2.32. The summed E-state index contributed by atoms with van der Waals surface area (Å²) in [5, 5.41) is 0. The van der Waals surface area contributed by atoms with Gasteiger partial charge in [-0.15, -0.1) is 0 Å². The van der Waals surface area contributed by atoms with Crippen molar-refractivity contribution in [3.8, 4) is 0 Å². The van der Waals surface area contributed by atoms with E-state index in [0.29, 0.717) is 6.10 Å². The van der Waals surface area contributed by atoms with E-state index in [-0.39, 0.29) is 6.10 Å². The average Bonchev–Trinajstić information content (AvgIpc) is 2.49. The first-order valence-electron chi connectivity index (χ1n) is 2.87. The monoisotopic (exact) mass is 112 g/mol. The van der Waals surface area contributed by atoms with Gasteiger partial charge in [0.1, 0.15) is 12.2 Å². The van der Waals surface area contributed by atoms with Crippen molar-refractivity contribution in [2.24, 2.45) is 0 Å². The third-order valence-corrected chi connectivity index (χ3v) is 1.44. The molecule has 0 aromatic heterocycles. The lowest BCUT2D eigenvalue weighted by atomic mass is 10.3. The van der Waals surface area contributed by atoms with Crippen molar-refractivity contribution in [3.63, 3.8) is 0 Å². The molecule has 2 aliphatic rings. The van der Waals surface area contributed by atoms with E-state index >= 15 is 0 Å². The molecular formula is C6H8O2. The summed E-state index contributed by atoms with van der Waals surface area (Å²) < 4.78 is 10.3. The number of epoxide rings is 1. The second-order valence-corrected chi connectivity index (χ2v) is 2.10. The van der Waals surface area contributed by atoms with Gasteiger partial charge in [0.05, 0.1) is 13.2 Å². The Hall–Kier alpha value is -0.340. The molecular weight excluding hydrogens is 104 g/mol. The quantitative estimate of drug-likeness (QED) is 0.360. The minimum Gasteiger partial charge on any atom is -0.370 e. The number of hydrogen-bond donors (Lipinski definition) is 0. The Balaban J connectivity index is 1.95. The summed E-state index contributed by atoms with van der Waals surface area (Å²) in [6.45, 7) is 1.65. The number of rotatable bonds is 1. The molecule has 2 aliphatic heterocycles. The summed E-state index contributed by atoms with van der Waals surface area (Å²) in [7, 11) is 0. The van der Waals surface area contributed by atoms with Crippen LogP contribution in [0.5, 0.6) is 0 Å². The van der Waals surface area contributed by atoms with Crippen LogP contribution in [0.2, 0.25) is 0 Å².